The van der Waals surface area contributed by atoms with Gasteiger partial charge in [0, 0.05) is 31.4 Å². The Labute approximate surface area is 176 Å². The number of likely N-dealkylation sites (tertiary alicyclic amines) is 1. The van der Waals surface area contributed by atoms with Gasteiger partial charge in [0.25, 0.3) is 0 Å². The van der Waals surface area contributed by atoms with E-state index in [-0.39, 0.29) is 17.6 Å². The Hall–Kier alpha value is -3.38. The number of carboxylic acids is 1. The van der Waals surface area contributed by atoms with Crippen molar-refractivity contribution in [2.45, 2.75) is 32.0 Å². The third kappa shape index (κ3) is 4.60. The van der Waals surface area contributed by atoms with E-state index in [0.717, 1.165) is 31.0 Å². The average Bonchev–Trinajstić information content (AvgIpc) is 3.08. The molecule has 0 spiro atoms. The molecule has 6 nitrogen and oxygen atoms in total. The molecule has 1 fully saturated rings. The van der Waals surface area contributed by atoms with Crippen molar-refractivity contribution in [2.24, 2.45) is 0 Å². The quantitative estimate of drug-likeness (QED) is 0.598. The summed E-state index contributed by atoms with van der Waals surface area (Å²) in [6.45, 7) is 3.90. The van der Waals surface area contributed by atoms with Gasteiger partial charge in [0.05, 0.1) is 0 Å². The van der Waals surface area contributed by atoms with Crippen LogP contribution in [0.4, 0.5) is 5.82 Å². The number of aromatic carboxylic acids is 1. The van der Waals surface area contributed by atoms with Gasteiger partial charge in [-0.25, -0.2) is 9.78 Å². The predicted octanol–water partition coefficient (Wildman–Crippen LogP) is 4.65. The Morgan fingerprint density at radius 3 is 2.73 bits per heavy atom. The summed E-state index contributed by atoms with van der Waals surface area (Å²) in [6, 6.07) is 21.5. The number of hydrogen-bond donors (Lipinski definition) is 2. The van der Waals surface area contributed by atoms with Crippen LogP contribution >= 0.6 is 0 Å². The molecule has 0 saturated carbocycles. The molecule has 0 radical (unpaired) electrons. The fourth-order valence-corrected chi connectivity index (χ4v) is 3.86. The SMILES string of the molecule is CC1[C@@H](Nc2ncccc2C(=O)O)CCN1Cc1cccc(Oc2ccccc2)c1. The molecule has 0 aliphatic carbocycles. The number of carbonyl (C=O) groups is 1. The van der Waals surface area contributed by atoms with E-state index < -0.39 is 5.97 Å². The Balaban J connectivity index is 1.41. The van der Waals surface area contributed by atoms with Crippen molar-refractivity contribution in [2.75, 3.05) is 11.9 Å². The third-order valence-electron chi connectivity index (χ3n) is 5.51. The molecule has 3 aromatic rings. The van der Waals surface area contributed by atoms with E-state index in [0.29, 0.717) is 5.82 Å². The fourth-order valence-electron chi connectivity index (χ4n) is 3.86. The first-order valence-corrected chi connectivity index (χ1v) is 10.1. The van der Waals surface area contributed by atoms with Crippen molar-refractivity contribution < 1.29 is 14.6 Å². The minimum atomic E-state index is -0.969. The van der Waals surface area contributed by atoms with Gasteiger partial charge in [0.1, 0.15) is 22.9 Å². The van der Waals surface area contributed by atoms with E-state index in [1.807, 2.05) is 42.5 Å². The molecule has 1 aliphatic heterocycles. The average molecular weight is 403 g/mol. The van der Waals surface area contributed by atoms with Gasteiger partial charge in [-0.05, 0) is 55.3 Å². The lowest BCUT2D eigenvalue weighted by molar-refractivity contribution is 0.0697. The van der Waals surface area contributed by atoms with Crippen LogP contribution in [0.15, 0.2) is 72.9 Å². The van der Waals surface area contributed by atoms with Crippen molar-refractivity contribution in [3.05, 3.63) is 84.1 Å². The molecule has 2 heterocycles. The van der Waals surface area contributed by atoms with Gasteiger partial charge in [-0.15, -0.1) is 0 Å². The zero-order chi connectivity index (χ0) is 20.9. The number of anilines is 1. The summed E-state index contributed by atoms with van der Waals surface area (Å²) < 4.78 is 5.95. The van der Waals surface area contributed by atoms with E-state index in [4.69, 9.17) is 4.74 Å². The molecular weight excluding hydrogens is 378 g/mol. The highest BCUT2D eigenvalue weighted by molar-refractivity contribution is 5.93. The van der Waals surface area contributed by atoms with Crippen LogP contribution in [0.5, 0.6) is 11.5 Å². The first kappa shape index (κ1) is 19.9. The lowest BCUT2D eigenvalue weighted by atomic mass is 10.1. The van der Waals surface area contributed by atoms with Crippen LogP contribution in [0.2, 0.25) is 0 Å². The van der Waals surface area contributed by atoms with E-state index in [2.05, 4.69) is 34.3 Å². The Bertz CT molecular complexity index is 1010. The monoisotopic (exact) mass is 403 g/mol. The normalized spacial score (nSPS) is 18.8. The zero-order valence-corrected chi connectivity index (χ0v) is 16.9. The molecule has 30 heavy (non-hydrogen) atoms. The standard InChI is InChI=1S/C24H25N3O3/c1-17-22(26-23-21(24(28)29)11-6-13-25-23)12-14-27(17)16-18-7-5-10-20(15-18)30-19-8-3-2-4-9-19/h2-11,13,15,17,22H,12,14,16H2,1H3,(H,25,26)(H,28,29)/t17?,22-/m0/s1. The number of hydrogen-bond acceptors (Lipinski definition) is 5. The lowest BCUT2D eigenvalue weighted by Gasteiger charge is -2.26. The second kappa shape index (κ2) is 8.97. The van der Waals surface area contributed by atoms with Crippen LogP contribution in [0.3, 0.4) is 0 Å². The maximum absolute atomic E-state index is 11.4. The van der Waals surface area contributed by atoms with Crippen LogP contribution in [0.1, 0.15) is 29.3 Å². The molecule has 1 aliphatic rings. The van der Waals surface area contributed by atoms with Crippen molar-refractivity contribution >= 4 is 11.8 Å². The van der Waals surface area contributed by atoms with Gasteiger partial charge >= 0.3 is 5.97 Å². The van der Waals surface area contributed by atoms with Crippen LogP contribution in [-0.4, -0.2) is 39.6 Å². The molecule has 2 aromatic carbocycles. The van der Waals surface area contributed by atoms with Crippen molar-refractivity contribution in [1.29, 1.82) is 0 Å². The summed E-state index contributed by atoms with van der Waals surface area (Å²) in [5, 5.41) is 12.7. The predicted molar refractivity (Wildman–Crippen MR) is 116 cm³/mol. The summed E-state index contributed by atoms with van der Waals surface area (Å²) in [5.74, 6) is 1.10. The molecule has 4 rings (SSSR count). The topological polar surface area (TPSA) is 74.7 Å². The number of carboxylic acid groups (broad SMARTS) is 1. The first-order chi connectivity index (χ1) is 14.6. The fraction of sp³-hybridized carbons (Fsp3) is 0.250. The summed E-state index contributed by atoms with van der Waals surface area (Å²) in [4.78, 5) is 18.1. The van der Waals surface area contributed by atoms with Crippen LogP contribution in [-0.2, 0) is 6.54 Å². The van der Waals surface area contributed by atoms with Crippen LogP contribution in [0, 0.1) is 0 Å². The van der Waals surface area contributed by atoms with Crippen molar-refractivity contribution in [3.63, 3.8) is 0 Å². The molecule has 2 N–H and O–H groups in total. The number of nitrogens with one attached hydrogen (secondary N) is 1. The second-order valence-corrected chi connectivity index (χ2v) is 7.52. The van der Waals surface area contributed by atoms with Gasteiger partial charge in [0.15, 0.2) is 0 Å². The van der Waals surface area contributed by atoms with Gasteiger partial charge in [-0.2, -0.15) is 0 Å². The minimum absolute atomic E-state index is 0.141. The Morgan fingerprint density at radius 1 is 1.13 bits per heavy atom. The van der Waals surface area contributed by atoms with Crippen molar-refractivity contribution in [3.8, 4) is 11.5 Å². The maximum Gasteiger partial charge on any atom is 0.339 e. The van der Waals surface area contributed by atoms with Crippen LogP contribution < -0.4 is 10.1 Å². The number of aromatic nitrogens is 1. The lowest BCUT2D eigenvalue weighted by Crippen LogP contribution is -2.36. The Morgan fingerprint density at radius 2 is 1.93 bits per heavy atom. The molecule has 0 amide bonds. The molecule has 0 bridgehead atoms. The molecule has 6 heteroatoms. The highest BCUT2D eigenvalue weighted by Gasteiger charge is 2.31. The van der Waals surface area contributed by atoms with Crippen molar-refractivity contribution in [1.82, 2.24) is 9.88 Å². The van der Waals surface area contributed by atoms with Crippen LogP contribution in [0.25, 0.3) is 0 Å². The van der Waals surface area contributed by atoms with E-state index in [1.165, 1.54) is 5.56 Å². The summed E-state index contributed by atoms with van der Waals surface area (Å²) >= 11 is 0. The number of rotatable bonds is 7. The molecule has 1 saturated heterocycles. The molecule has 1 unspecified atom stereocenters. The highest BCUT2D eigenvalue weighted by Crippen LogP contribution is 2.27. The van der Waals surface area contributed by atoms with E-state index >= 15 is 0 Å². The first-order valence-electron chi connectivity index (χ1n) is 10.1. The summed E-state index contributed by atoms with van der Waals surface area (Å²) in [7, 11) is 0. The number of benzene rings is 2. The van der Waals surface area contributed by atoms with Gasteiger partial charge in [-0.3, -0.25) is 4.90 Å². The summed E-state index contributed by atoms with van der Waals surface area (Å²) in [5.41, 5.74) is 1.38. The zero-order valence-electron chi connectivity index (χ0n) is 16.9. The van der Waals surface area contributed by atoms with E-state index in [9.17, 15) is 9.90 Å². The summed E-state index contributed by atoms with van der Waals surface area (Å²) in [6.07, 6.45) is 2.54. The largest absolute Gasteiger partial charge is 0.478 e. The van der Waals surface area contributed by atoms with Gasteiger partial charge in [0.2, 0.25) is 0 Å². The number of pyridine rings is 1. The molecule has 154 valence electrons. The molecular formula is C24H25N3O3. The smallest absolute Gasteiger partial charge is 0.339 e. The van der Waals surface area contributed by atoms with Gasteiger partial charge in [-0.1, -0.05) is 30.3 Å². The van der Waals surface area contributed by atoms with Gasteiger partial charge < -0.3 is 15.2 Å². The number of para-hydroxylation sites is 1. The number of nitrogens with zero attached hydrogens (tertiary/aromatic N) is 2. The third-order valence-corrected chi connectivity index (χ3v) is 5.51. The Kier molecular flexibility index (Phi) is 5.95. The maximum atomic E-state index is 11.4. The molecule has 2 atom stereocenters. The minimum Gasteiger partial charge on any atom is -0.478 e. The highest BCUT2D eigenvalue weighted by atomic mass is 16.5. The van der Waals surface area contributed by atoms with E-state index in [1.54, 1.807) is 18.3 Å². The second-order valence-electron chi connectivity index (χ2n) is 7.52. The molecule has 1 aromatic heterocycles. The number of ether oxygens (including phenoxy) is 1.